The molecule has 17 heavy (non-hydrogen) atoms. The number of amides is 1. The van der Waals surface area contributed by atoms with E-state index in [-0.39, 0.29) is 5.91 Å². The van der Waals surface area contributed by atoms with Gasteiger partial charge in [0.05, 0.1) is 0 Å². The lowest BCUT2D eigenvalue weighted by Crippen LogP contribution is -2.10. The fraction of sp³-hybridized carbons (Fsp3) is 0.273. The number of nitrogens with zero attached hydrogens (tertiary/aromatic N) is 3. The normalized spacial score (nSPS) is 10.4. The van der Waals surface area contributed by atoms with Crippen molar-refractivity contribution in [2.24, 2.45) is 5.73 Å². The van der Waals surface area contributed by atoms with Crippen molar-refractivity contribution in [2.75, 3.05) is 0 Å². The number of aromatic amines is 1. The molecule has 6 nitrogen and oxygen atoms in total. The number of carbonyl (C=O) groups is 1. The Morgan fingerprint density at radius 3 is 2.88 bits per heavy atom. The zero-order valence-corrected chi connectivity index (χ0v) is 9.26. The third kappa shape index (κ3) is 2.87. The molecule has 3 N–H and O–H groups in total. The van der Waals surface area contributed by atoms with Gasteiger partial charge in [0.25, 0.3) is 0 Å². The standard InChI is InChI=1S/C11H13N5O/c12-10(17)7-3-5-8-4-1-2-6-9(8)11-13-15-16-14-11/h1-2,4,6H,3,5,7H2,(H2,12,17)(H,13,14,15,16). The van der Waals surface area contributed by atoms with Gasteiger partial charge in [0.15, 0.2) is 0 Å². The number of carbonyl (C=O) groups excluding carboxylic acids is 1. The van der Waals surface area contributed by atoms with Crippen molar-refractivity contribution in [3.63, 3.8) is 0 Å². The van der Waals surface area contributed by atoms with E-state index in [9.17, 15) is 4.79 Å². The first-order valence-electron chi connectivity index (χ1n) is 5.37. The Morgan fingerprint density at radius 2 is 2.18 bits per heavy atom. The number of rotatable bonds is 5. The average molecular weight is 231 g/mol. The lowest BCUT2D eigenvalue weighted by Gasteiger charge is -2.04. The molecular weight excluding hydrogens is 218 g/mol. The minimum absolute atomic E-state index is 0.276. The summed E-state index contributed by atoms with van der Waals surface area (Å²) in [6.45, 7) is 0. The van der Waals surface area contributed by atoms with Gasteiger partial charge in [-0.3, -0.25) is 4.79 Å². The monoisotopic (exact) mass is 231 g/mol. The molecule has 0 aliphatic carbocycles. The number of hydrogen-bond acceptors (Lipinski definition) is 4. The summed E-state index contributed by atoms with van der Waals surface area (Å²) < 4.78 is 0. The largest absolute Gasteiger partial charge is 0.370 e. The summed E-state index contributed by atoms with van der Waals surface area (Å²) in [5.41, 5.74) is 7.14. The number of nitrogens with two attached hydrogens (primary N) is 1. The molecule has 0 aliphatic rings. The van der Waals surface area contributed by atoms with Gasteiger partial charge in [-0.2, -0.15) is 5.21 Å². The maximum Gasteiger partial charge on any atom is 0.217 e. The van der Waals surface area contributed by atoms with Crippen LogP contribution in [0.15, 0.2) is 24.3 Å². The van der Waals surface area contributed by atoms with Gasteiger partial charge < -0.3 is 5.73 Å². The number of primary amides is 1. The molecule has 2 rings (SSSR count). The fourth-order valence-electron chi connectivity index (χ4n) is 1.69. The van der Waals surface area contributed by atoms with Crippen LogP contribution in [-0.2, 0) is 11.2 Å². The summed E-state index contributed by atoms with van der Waals surface area (Å²) >= 11 is 0. The topological polar surface area (TPSA) is 97.5 Å². The number of nitrogens with one attached hydrogen (secondary N) is 1. The number of aromatic nitrogens is 4. The molecule has 6 heteroatoms. The molecule has 0 radical (unpaired) electrons. The average Bonchev–Trinajstić information content (AvgIpc) is 2.82. The number of tetrazole rings is 1. The molecule has 1 amide bonds. The summed E-state index contributed by atoms with van der Waals surface area (Å²) in [5, 5.41) is 13.9. The molecule has 0 fully saturated rings. The number of hydrogen-bond donors (Lipinski definition) is 2. The van der Waals surface area contributed by atoms with E-state index in [2.05, 4.69) is 20.6 Å². The van der Waals surface area contributed by atoms with Crippen molar-refractivity contribution in [2.45, 2.75) is 19.3 Å². The maximum absolute atomic E-state index is 10.7. The molecule has 0 bridgehead atoms. The second kappa shape index (κ2) is 5.20. The molecule has 1 aromatic heterocycles. The molecule has 0 saturated carbocycles. The van der Waals surface area contributed by atoms with Crippen LogP contribution in [0.4, 0.5) is 0 Å². The number of aryl methyl sites for hydroxylation is 1. The van der Waals surface area contributed by atoms with Crippen molar-refractivity contribution >= 4 is 5.91 Å². The Bertz CT molecular complexity index is 494. The van der Waals surface area contributed by atoms with Gasteiger partial charge in [-0.1, -0.05) is 24.3 Å². The van der Waals surface area contributed by atoms with Gasteiger partial charge >= 0.3 is 0 Å². The van der Waals surface area contributed by atoms with E-state index in [0.29, 0.717) is 12.2 Å². The molecule has 2 aromatic rings. The van der Waals surface area contributed by atoms with E-state index in [0.717, 1.165) is 24.0 Å². The Kier molecular flexibility index (Phi) is 3.44. The predicted molar refractivity (Wildman–Crippen MR) is 61.7 cm³/mol. The lowest BCUT2D eigenvalue weighted by molar-refractivity contribution is -0.118. The molecular formula is C11H13N5O. The highest BCUT2D eigenvalue weighted by Gasteiger charge is 2.08. The Morgan fingerprint density at radius 1 is 1.35 bits per heavy atom. The third-order valence-corrected chi connectivity index (χ3v) is 2.47. The van der Waals surface area contributed by atoms with E-state index in [1.807, 2.05) is 24.3 Å². The first-order chi connectivity index (χ1) is 8.27. The minimum atomic E-state index is -0.276. The van der Waals surface area contributed by atoms with Crippen LogP contribution in [0.25, 0.3) is 11.4 Å². The van der Waals surface area contributed by atoms with Gasteiger partial charge in [0.1, 0.15) is 0 Å². The van der Waals surface area contributed by atoms with Crippen LogP contribution in [0.3, 0.4) is 0 Å². The second-order valence-corrected chi connectivity index (χ2v) is 3.71. The van der Waals surface area contributed by atoms with E-state index in [1.165, 1.54) is 0 Å². The van der Waals surface area contributed by atoms with Crippen molar-refractivity contribution in [1.29, 1.82) is 0 Å². The van der Waals surface area contributed by atoms with Gasteiger partial charge in [0, 0.05) is 12.0 Å². The molecule has 1 aromatic carbocycles. The highest BCUT2D eigenvalue weighted by atomic mass is 16.1. The lowest BCUT2D eigenvalue weighted by atomic mass is 10.0. The van der Waals surface area contributed by atoms with E-state index >= 15 is 0 Å². The third-order valence-electron chi connectivity index (χ3n) is 2.47. The van der Waals surface area contributed by atoms with Crippen LogP contribution < -0.4 is 5.73 Å². The van der Waals surface area contributed by atoms with Gasteiger partial charge in [-0.05, 0) is 23.6 Å². The smallest absolute Gasteiger partial charge is 0.217 e. The van der Waals surface area contributed by atoms with Crippen molar-refractivity contribution < 1.29 is 4.79 Å². The zero-order chi connectivity index (χ0) is 12.1. The first-order valence-corrected chi connectivity index (χ1v) is 5.37. The van der Waals surface area contributed by atoms with Crippen molar-refractivity contribution in [3.05, 3.63) is 29.8 Å². The van der Waals surface area contributed by atoms with Gasteiger partial charge in [-0.25, -0.2) is 0 Å². The van der Waals surface area contributed by atoms with Crippen LogP contribution in [-0.4, -0.2) is 26.5 Å². The molecule has 1 heterocycles. The van der Waals surface area contributed by atoms with Crippen LogP contribution in [0, 0.1) is 0 Å². The van der Waals surface area contributed by atoms with E-state index in [4.69, 9.17) is 5.73 Å². The molecule has 0 spiro atoms. The van der Waals surface area contributed by atoms with Crippen LogP contribution in [0.5, 0.6) is 0 Å². The molecule has 0 aliphatic heterocycles. The molecule has 0 saturated heterocycles. The number of benzene rings is 1. The van der Waals surface area contributed by atoms with Gasteiger partial charge in [-0.15, -0.1) is 10.2 Å². The molecule has 0 atom stereocenters. The summed E-state index contributed by atoms with van der Waals surface area (Å²) in [7, 11) is 0. The summed E-state index contributed by atoms with van der Waals surface area (Å²) in [5.74, 6) is 0.293. The maximum atomic E-state index is 10.7. The Labute approximate surface area is 98.2 Å². The van der Waals surface area contributed by atoms with Crippen molar-refractivity contribution in [3.8, 4) is 11.4 Å². The van der Waals surface area contributed by atoms with E-state index in [1.54, 1.807) is 0 Å². The summed E-state index contributed by atoms with van der Waals surface area (Å²) in [6.07, 6.45) is 1.89. The quantitative estimate of drug-likeness (QED) is 0.790. The summed E-state index contributed by atoms with van der Waals surface area (Å²) in [6, 6.07) is 7.80. The predicted octanol–water partition coefficient (Wildman–Crippen LogP) is 0.675. The second-order valence-electron chi connectivity index (χ2n) is 3.71. The highest BCUT2D eigenvalue weighted by molar-refractivity contribution is 5.73. The summed E-state index contributed by atoms with van der Waals surface area (Å²) in [4.78, 5) is 10.7. The Balaban J connectivity index is 2.14. The van der Waals surface area contributed by atoms with E-state index < -0.39 is 0 Å². The van der Waals surface area contributed by atoms with Crippen LogP contribution >= 0.6 is 0 Å². The van der Waals surface area contributed by atoms with Crippen LogP contribution in [0.2, 0.25) is 0 Å². The molecule has 88 valence electrons. The van der Waals surface area contributed by atoms with Crippen molar-refractivity contribution in [1.82, 2.24) is 20.6 Å². The van der Waals surface area contributed by atoms with Crippen LogP contribution in [0.1, 0.15) is 18.4 Å². The Hall–Kier alpha value is -2.24. The minimum Gasteiger partial charge on any atom is -0.370 e. The highest BCUT2D eigenvalue weighted by Crippen LogP contribution is 2.20. The van der Waals surface area contributed by atoms with Gasteiger partial charge in [0.2, 0.25) is 11.7 Å². The zero-order valence-electron chi connectivity index (χ0n) is 9.26. The number of H-pyrrole nitrogens is 1. The first kappa shape index (κ1) is 11.3. The fourth-order valence-corrected chi connectivity index (χ4v) is 1.69. The molecule has 0 unspecified atom stereocenters. The SMILES string of the molecule is NC(=O)CCCc1ccccc1-c1nn[nH]n1.